The fourth-order valence-electron chi connectivity index (χ4n) is 1.94. The van der Waals surface area contributed by atoms with E-state index in [0.29, 0.717) is 31.1 Å². The summed E-state index contributed by atoms with van der Waals surface area (Å²) in [4.78, 5) is 15.9. The maximum absolute atomic E-state index is 11.8. The Morgan fingerprint density at radius 2 is 2.50 bits per heavy atom. The quantitative estimate of drug-likeness (QED) is 0.730. The molecule has 0 bridgehead atoms. The molecule has 1 aliphatic heterocycles. The van der Waals surface area contributed by atoms with Gasteiger partial charge < -0.3 is 19.9 Å². The molecule has 1 aromatic rings. The third kappa shape index (κ3) is 3.27. The smallest absolute Gasteiger partial charge is 0.237 e. The zero-order valence-electron chi connectivity index (χ0n) is 10.6. The van der Waals surface area contributed by atoms with E-state index in [1.807, 2.05) is 0 Å². The number of methoxy groups -OCH3 is 1. The van der Waals surface area contributed by atoms with Crippen molar-refractivity contribution in [2.75, 3.05) is 20.2 Å². The van der Waals surface area contributed by atoms with Gasteiger partial charge in [0.25, 0.3) is 0 Å². The van der Waals surface area contributed by atoms with E-state index < -0.39 is 0 Å². The summed E-state index contributed by atoms with van der Waals surface area (Å²) in [6.45, 7) is 2.98. The third-order valence-electron chi connectivity index (χ3n) is 2.95. The van der Waals surface area contributed by atoms with Gasteiger partial charge in [0.15, 0.2) is 5.82 Å². The Balaban J connectivity index is 1.69. The van der Waals surface area contributed by atoms with Crippen LogP contribution in [0.25, 0.3) is 0 Å². The first-order chi connectivity index (χ1) is 8.69. The molecule has 2 rings (SSSR count). The van der Waals surface area contributed by atoms with Crippen LogP contribution in [0.1, 0.15) is 18.1 Å². The van der Waals surface area contributed by atoms with Crippen LogP contribution in [0.3, 0.4) is 0 Å². The second-order valence-corrected chi connectivity index (χ2v) is 4.33. The summed E-state index contributed by atoms with van der Waals surface area (Å²) in [5.41, 5.74) is 0. The van der Waals surface area contributed by atoms with Crippen LogP contribution in [0.5, 0.6) is 0 Å². The van der Waals surface area contributed by atoms with Crippen molar-refractivity contribution in [1.29, 1.82) is 0 Å². The van der Waals surface area contributed by atoms with Gasteiger partial charge in [-0.15, -0.1) is 0 Å². The van der Waals surface area contributed by atoms with E-state index in [4.69, 9.17) is 9.26 Å². The summed E-state index contributed by atoms with van der Waals surface area (Å²) in [6.07, 6.45) is 1.38. The van der Waals surface area contributed by atoms with Gasteiger partial charge in [-0.25, -0.2) is 0 Å². The highest BCUT2D eigenvalue weighted by Gasteiger charge is 2.28. The molecule has 2 atom stereocenters. The molecule has 7 nitrogen and oxygen atoms in total. The third-order valence-corrected chi connectivity index (χ3v) is 2.95. The number of aryl methyl sites for hydroxylation is 1. The Bertz CT molecular complexity index is 407. The number of rotatable bonds is 5. The van der Waals surface area contributed by atoms with Crippen molar-refractivity contribution < 1.29 is 14.1 Å². The van der Waals surface area contributed by atoms with Gasteiger partial charge in [0.1, 0.15) is 0 Å². The van der Waals surface area contributed by atoms with Gasteiger partial charge >= 0.3 is 0 Å². The standard InChI is InChI=1S/C11H18N4O3/c1-7-14-10(18-15-7)3-4-12-11(16)9-5-8(17-2)6-13-9/h8-9,13H,3-6H2,1-2H3,(H,12,16). The van der Waals surface area contributed by atoms with Gasteiger partial charge in [0.2, 0.25) is 11.8 Å². The number of nitrogens with zero attached hydrogens (tertiary/aromatic N) is 2. The lowest BCUT2D eigenvalue weighted by Crippen LogP contribution is -2.41. The largest absolute Gasteiger partial charge is 0.380 e. The average Bonchev–Trinajstić information content (AvgIpc) is 2.98. The first-order valence-electron chi connectivity index (χ1n) is 6.02. The predicted molar refractivity (Wildman–Crippen MR) is 63.0 cm³/mol. The lowest BCUT2D eigenvalue weighted by molar-refractivity contribution is -0.122. The van der Waals surface area contributed by atoms with Crippen molar-refractivity contribution in [3.05, 3.63) is 11.7 Å². The van der Waals surface area contributed by atoms with Gasteiger partial charge in [-0.3, -0.25) is 4.79 Å². The minimum absolute atomic E-state index is 0.00853. The Kier molecular flexibility index (Phi) is 4.27. The molecule has 0 aliphatic carbocycles. The van der Waals surface area contributed by atoms with E-state index in [0.717, 1.165) is 6.54 Å². The number of carbonyl (C=O) groups excluding carboxylic acids is 1. The second kappa shape index (κ2) is 5.92. The monoisotopic (exact) mass is 254 g/mol. The summed E-state index contributed by atoms with van der Waals surface area (Å²) >= 11 is 0. The Morgan fingerprint density at radius 1 is 1.67 bits per heavy atom. The summed E-state index contributed by atoms with van der Waals surface area (Å²) in [7, 11) is 1.66. The molecular formula is C11H18N4O3. The SMILES string of the molecule is COC1CNC(C(=O)NCCc2nc(C)no2)C1. The number of nitrogens with one attached hydrogen (secondary N) is 2. The van der Waals surface area contributed by atoms with Crippen LogP contribution in [0, 0.1) is 6.92 Å². The van der Waals surface area contributed by atoms with Crippen molar-refractivity contribution in [2.45, 2.75) is 31.9 Å². The van der Waals surface area contributed by atoms with E-state index in [9.17, 15) is 4.79 Å². The molecule has 1 amide bonds. The normalized spacial score (nSPS) is 23.2. The molecule has 2 N–H and O–H groups in total. The number of aromatic nitrogens is 2. The molecule has 1 aromatic heterocycles. The highest BCUT2D eigenvalue weighted by Crippen LogP contribution is 2.09. The van der Waals surface area contributed by atoms with E-state index in [2.05, 4.69) is 20.8 Å². The maximum Gasteiger partial charge on any atom is 0.237 e. The van der Waals surface area contributed by atoms with E-state index >= 15 is 0 Å². The zero-order valence-corrected chi connectivity index (χ0v) is 10.6. The summed E-state index contributed by atoms with van der Waals surface area (Å²) < 4.78 is 10.2. The molecule has 18 heavy (non-hydrogen) atoms. The molecule has 0 radical (unpaired) electrons. The average molecular weight is 254 g/mol. The molecule has 0 saturated carbocycles. The number of carbonyl (C=O) groups is 1. The molecular weight excluding hydrogens is 236 g/mol. The minimum Gasteiger partial charge on any atom is -0.380 e. The highest BCUT2D eigenvalue weighted by atomic mass is 16.5. The summed E-state index contributed by atoms with van der Waals surface area (Å²) in [5, 5.41) is 9.65. The van der Waals surface area contributed by atoms with Crippen LogP contribution in [0.4, 0.5) is 0 Å². The molecule has 2 heterocycles. The van der Waals surface area contributed by atoms with Gasteiger partial charge in [-0.05, 0) is 13.3 Å². The van der Waals surface area contributed by atoms with Crippen LogP contribution in [0.2, 0.25) is 0 Å². The van der Waals surface area contributed by atoms with Gasteiger partial charge in [0.05, 0.1) is 12.1 Å². The zero-order chi connectivity index (χ0) is 13.0. The fourth-order valence-corrected chi connectivity index (χ4v) is 1.94. The molecule has 2 unspecified atom stereocenters. The van der Waals surface area contributed by atoms with Crippen molar-refractivity contribution in [3.8, 4) is 0 Å². The van der Waals surface area contributed by atoms with Crippen molar-refractivity contribution in [3.63, 3.8) is 0 Å². The predicted octanol–water partition coefficient (Wildman–Crippen LogP) is -0.586. The first kappa shape index (κ1) is 13.0. The van der Waals surface area contributed by atoms with Crippen molar-refractivity contribution >= 4 is 5.91 Å². The second-order valence-electron chi connectivity index (χ2n) is 4.33. The van der Waals surface area contributed by atoms with Crippen LogP contribution in [0.15, 0.2) is 4.52 Å². The molecule has 1 aliphatic rings. The van der Waals surface area contributed by atoms with Gasteiger partial charge in [0, 0.05) is 26.6 Å². The van der Waals surface area contributed by atoms with Crippen molar-refractivity contribution in [1.82, 2.24) is 20.8 Å². The van der Waals surface area contributed by atoms with E-state index in [1.54, 1.807) is 14.0 Å². The number of hydrogen-bond acceptors (Lipinski definition) is 6. The maximum atomic E-state index is 11.8. The number of amides is 1. The molecule has 0 aromatic carbocycles. The summed E-state index contributed by atoms with van der Waals surface area (Å²) in [6, 6.07) is -0.167. The number of ether oxygens (including phenoxy) is 1. The van der Waals surface area contributed by atoms with E-state index in [-0.39, 0.29) is 18.1 Å². The fraction of sp³-hybridized carbons (Fsp3) is 0.727. The highest BCUT2D eigenvalue weighted by molar-refractivity contribution is 5.82. The Hall–Kier alpha value is -1.47. The number of hydrogen-bond donors (Lipinski definition) is 2. The molecule has 1 saturated heterocycles. The van der Waals surface area contributed by atoms with Gasteiger partial charge in [-0.2, -0.15) is 4.98 Å². The molecule has 1 fully saturated rings. The van der Waals surface area contributed by atoms with E-state index in [1.165, 1.54) is 0 Å². The van der Waals surface area contributed by atoms with Crippen LogP contribution in [-0.2, 0) is 16.0 Å². The minimum atomic E-state index is -0.167. The Morgan fingerprint density at radius 3 is 3.11 bits per heavy atom. The van der Waals surface area contributed by atoms with Gasteiger partial charge in [-0.1, -0.05) is 5.16 Å². The van der Waals surface area contributed by atoms with Crippen LogP contribution >= 0.6 is 0 Å². The van der Waals surface area contributed by atoms with Crippen LogP contribution in [-0.4, -0.2) is 48.4 Å². The lowest BCUT2D eigenvalue weighted by Gasteiger charge is -2.10. The summed E-state index contributed by atoms with van der Waals surface area (Å²) in [5.74, 6) is 1.14. The molecule has 100 valence electrons. The Labute approximate surface area is 105 Å². The molecule has 7 heteroatoms. The van der Waals surface area contributed by atoms with Crippen molar-refractivity contribution in [2.24, 2.45) is 0 Å². The topological polar surface area (TPSA) is 89.3 Å². The molecule has 0 spiro atoms. The first-order valence-corrected chi connectivity index (χ1v) is 6.02. The lowest BCUT2D eigenvalue weighted by atomic mass is 10.2. The van der Waals surface area contributed by atoms with Crippen LogP contribution < -0.4 is 10.6 Å².